The van der Waals surface area contributed by atoms with Crippen LogP contribution < -0.4 is 5.32 Å². The van der Waals surface area contributed by atoms with Gasteiger partial charge in [-0.2, -0.15) is 5.10 Å². The van der Waals surface area contributed by atoms with Crippen molar-refractivity contribution in [3.63, 3.8) is 0 Å². The summed E-state index contributed by atoms with van der Waals surface area (Å²) in [4.78, 5) is 30.6. The van der Waals surface area contributed by atoms with Crippen LogP contribution in [0.2, 0.25) is 0 Å². The maximum atomic E-state index is 12.6. The zero-order valence-electron chi connectivity index (χ0n) is 20.6. The van der Waals surface area contributed by atoms with E-state index in [0.29, 0.717) is 17.8 Å². The lowest BCUT2D eigenvalue weighted by atomic mass is 10.1. The number of pyridine rings is 3. The molecule has 39 heavy (non-hydrogen) atoms. The number of carbonyl (C=O) groups is 1. The van der Waals surface area contributed by atoms with Gasteiger partial charge in [-0.25, -0.2) is 4.98 Å². The molecule has 0 saturated heterocycles. The number of H-pyrrole nitrogens is 2. The molecule has 6 aromatic heterocycles. The van der Waals surface area contributed by atoms with E-state index in [0.717, 1.165) is 54.8 Å². The van der Waals surface area contributed by atoms with E-state index in [1.54, 1.807) is 29.9 Å². The zero-order valence-corrected chi connectivity index (χ0v) is 21.4. The molecule has 1 aromatic carbocycles. The third-order valence-corrected chi connectivity index (χ3v) is 7.47. The number of anilines is 1. The van der Waals surface area contributed by atoms with Crippen molar-refractivity contribution in [3.8, 4) is 33.0 Å². The number of rotatable bonds is 6. The molecule has 0 aliphatic rings. The van der Waals surface area contributed by atoms with Gasteiger partial charge < -0.3 is 10.3 Å². The van der Waals surface area contributed by atoms with Gasteiger partial charge in [0.1, 0.15) is 5.69 Å². The number of nitrogens with zero attached hydrogens (tertiary/aromatic N) is 4. The summed E-state index contributed by atoms with van der Waals surface area (Å²) < 4.78 is 0. The average Bonchev–Trinajstić information content (AvgIpc) is 3.73. The molecule has 0 spiro atoms. The number of amides is 1. The molecule has 3 N–H and O–H groups in total. The quantitative estimate of drug-likeness (QED) is 0.229. The van der Waals surface area contributed by atoms with Crippen LogP contribution in [-0.4, -0.2) is 36.0 Å². The van der Waals surface area contributed by atoms with Gasteiger partial charge in [-0.1, -0.05) is 36.4 Å². The van der Waals surface area contributed by atoms with Gasteiger partial charge in [0.15, 0.2) is 5.65 Å². The molecule has 0 saturated carbocycles. The Morgan fingerprint density at radius 2 is 1.74 bits per heavy atom. The minimum absolute atomic E-state index is 0.0962. The number of hydrogen-bond acceptors (Lipinski definition) is 6. The van der Waals surface area contributed by atoms with Crippen LogP contribution in [0.4, 0.5) is 5.69 Å². The fourth-order valence-electron chi connectivity index (χ4n) is 4.73. The molecule has 7 rings (SSSR count). The molecule has 8 nitrogen and oxygen atoms in total. The van der Waals surface area contributed by atoms with E-state index in [1.807, 2.05) is 60.9 Å². The second kappa shape index (κ2) is 9.62. The monoisotopic (exact) mass is 527 g/mol. The predicted octanol–water partition coefficient (Wildman–Crippen LogP) is 6.47. The standard InChI is InChI=1S/C30H21N7OS/c38-28(9-18-5-2-1-3-6-18)34-21-10-19(13-31-15-21)20-11-23-29(36-37-30(23)33-14-20)25-12-22-24(27-7-4-8-39-27)16-32-17-26(22)35-25/h1-8,10-17,35H,9H2,(H,34,38)(H,33,36,37). The highest BCUT2D eigenvalue weighted by Gasteiger charge is 2.16. The number of thiophene rings is 1. The number of fused-ring (bicyclic) bond motifs is 2. The maximum absolute atomic E-state index is 12.6. The van der Waals surface area contributed by atoms with Crippen molar-refractivity contribution in [1.82, 2.24) is 30.1 Å². The van der Waals surface area contributed by atoms with E-state index in [1.165, 1.54) is 0 Å². The average molecular weight is 528 g/mol. The number of aromatic amines is 2. The first kappa shape index (κ1) is 23.0. The lowest BCUT2D eigenvalue weighted by Crippen LogP contribution is -2.14. The summed E-state index contributed by atoms with van der Waals surface area (Å²) in [6, 6.07) is 19.8. The molecule has 0 aliphatic carbocycles. The highest BCUT2D eigenvalue weighted by molar-refractivity contribution is 7.13. The van der Waals surface area contributed by atoms with Crippen molar-refractivity contribution in [2.45, 2.75) is 6.42 Å². The zero-order chi connectivity index (χ0) is 26.2. The van der Waals surface area contributed by atoms with Crippen LogP contribution in [0.3, 0.4) is 0 Å². The van der Waals surface area contributed by atoms with Gasteiger partial charge in [-0.05, 0) is 35.2 Å². The van der Waals surface area contributed by atoms with E-state index in [2.05, 4.69) is 53.0 Å². The van der Waals surface area contributed by atoms with Crippen molar-refractivity contribution in [1.29, 1.82) is 0 Å². The number of carbonyl (C=O) groups excluding carboxylic acids is 1. The molecule has 0 aliphatic heterocycles. The van der Waals surface area contributed by atoms with Crippen molar-refractivity contribution in [3.05, 3.63) is 103 Å². The summed E-state index contributed by atoms with van der Waals surface area (Å²) in [7, 11) is 0. The second-order valence-corrected chi connectivity index (χ2v) is 10.1. The molecule has 1 amide bonds. The molecular formula is C30H21N7OS. The summed E-state index contributed by atoms with van der Waals surface area (Å²) in [6.07, 6.45) is 9.21. The van der Waals surface area contributed by atoms with Crippen LogP contribution in [0.5, 0.6) is 0 Å². The topological polar surface area (TPSA) is 112 Å². The summed E-state index contributed by atoms with van der Waals surface area (Å²) in [5, 5.41) is 14.6. The van der Waals surface area contributed by atoms with Gasteiger partial charge in [0.2, 0.25) is 5.91 Å². The van der Waals surface area contributed by atoms with Gasteiger partial charge in [0, 0.05) is 50.9 Å². The van der Waals surface area contributed by atoms with E-state index in [4.69, 9.17) is 0 Å². The van der Waals surface area contributed by atoms with Crippen LogP contribution in [0.25, 0.3) is 54.9 Å². The normalized spacial score (nSPS) is 11.3. The predicted molar refractivity (Wildman–Crippen MR) is 154 cm³/mol. The van der Waals surface area contributed by atoms with Gasteiger partial charge in [-0.3, -0.25) is 19.9 Å². The Labute approximate surface area is 226 Å². The first-order chi connectivity index (χ1) is 19.2. The van der Waals surface area contributed by atoms with Crippen molar-refractivity contribution >= 4 is 44.9 Å². The molecule has 9 heteroatoms. The summed E-state index contributed by atoms with van der Waals surface area (Å²) in [6.45, 7) is 0. The van der Waals surface area contributed by atoms with Gasteiger partial charge in [0.25, 0.3) is 0 Å². The molecular weight excluding hydrogens is 506 g/mol. The maximum Gasteiger partial charge on any atom is 0.228 e. The first-order valence-electron chi connectivity index (χ1n) is 12.4. The highest BCUT2D eigenvalue weighted by Crippen LogP contribution is 2.35. The largest absolute Gasteiger partial charge is 0.352 e. The Hall–Kier alpha value is -5.15. The fraction of sp³-hybridized carbons (Fsp3) is 0.0333. The minimum Gasteiger partial charge on any atom is -0.352 e. The van der Waals surface area contributed by atoms with Crippen molar-refractivity contribution in [2.75, 3.05) is 5.32 Å². The van der Waals surface area contributed by atoms with Gasteiger partial charge in [-0.15, -0.1) is 11.3 Å². The van der Waals surface area contributed by atoms with E-state index in [-0.39, 0.29) is 5.91 Å². The van der Waals surface area contributed by atoms with Gasteiger partial charge in [0.05, 0.1) is 35.7 Å². The number of hydrogen-bond donors (Lipinski definition) is 3. The smallest absolute Gasteiger partial charge is 0.228 e. The molecule has 188 valence electrons. The first-order valence-corrected chi connectivity index (χ1v) is 13.2. The van der Waals surface area contributed by atoms with Crippen LogP contribution in [0, 0.1) is 0 Å². The fourth-order valence-corrected chi connectivity index (χ4v) is 5.48. The third-order valence-electron chi connectivity index (χ3n) is 6.57. The Morgan fingerprint density at radius 1 is 0.872 bits per heavy atom. The molecule has 0 unspecified atom stereocenters. The SMILES string of the molecule is O=C(Cc1ccccc1)Nc1cncc(-c2cnc3[nH]nc(-c4cc5c(-c6cccs6)cncc5[nH]4)c3c2)c1. The molecule has 7 aromatic rings. The summed E-state index contributed by atoms with van der Waals surface area (Å²) in [5.74, 6) is -0.0962. The molecule has 0 radical (unpaired) electrons. The Kier molecular flexibility index (Phi) is 5.68. The van der Waals surface area contributed by atoms with Crippen LogP contribution in [0.1, 0.15) is 5.56 Å². The van der Waals surface area contributed by atoms with Crippen molar-refractivity contribution in [2.24, 2.45) is 0 Å². The van der Waals surface area contributed by atoms with Gasteiger partial charge >= 0.3 is 0 Å². The molecule has 0 fully saturated rings. The minimum atomic E-state index is -0.0962. The molecule has 0 bridgehead atoms. The van der Waals surface area contributed by atoms with E-state index < -0.39 is 0 Å². The van der Waals surface area contributed by atoms with E-state index in [9.17, 15) is 4.79 Å². The van der Waals surface area contributed by atoms with Crippen molar-refractivity contribution < 1.29 is 4.79 Å². The highest BCUT2D eigenvalue weighted by atomic mass is 32.1. The number of nitrogens with one attached hydrogen (secondary N) is 3. The Balaban J connectivity index is 1.21. The Bertz CT molecular complexity index is 1940. The Morgan fingerprint density at radius 3 is 2.62 bits per heavy atom. The van der Waals surface area contributed by atoms with Crippen LogP contribution in [0.15, 0.2) is 97.0 Å². The lowest BCUT2D eigenvalue weighted by Gasteiger charge is -2.07. The molecule has 6 heterocycles. The van der Waals surface area contributed by atoms with Crippen LogP contribution in [-0.2, 0) is 11.2 Å². The number of benzene rings is 1. The molecule has 0 atom stereocenters. The lowest BCUT2D eigenvalue weighted by molar-refractivity contribution is -0.115. The number of aromatic nitrogens is 6. The second-order valence-electron chi connectivity index (χ2n) is 9.17. The van der Waals surface area contributed by atoms with E-state index >= 15 is 0 Å². The summed E-state index contributed by atoms with van der Waals surface area (Å²) >= 11 is 1.69. The summed E-state index contributed by atoms with van der Waals surface area (Å²) in [5.41, 5.74) is 7.66. The van der Waals surface area contributed by atoms with Crippen LogP contribution >= 0.6 is 11.3 Å². The third kappa shape index (κ3) is 4.45.